The summed E-state index contributed by atoms with van der Waals surface area (Å²) in [7, 11) is 0. The van der Waals surface area contributed by atoms with Gasteiger partial charge in [0.1, 0.15) is 0 Å². The Hall–Kier alpha value is -0.810. The maximum absolute atomic E-state index is 6.03. The van der Waals surface area contributed by atoms with Crippen LogP contribution in [0.4, 0.5) is 5.69 Å². The highest BCUT2D eigenvalue weighted by atomic mass is 127. The van der Waals surface area contributed by atoms with Crippen molar-refractivity contribution in [1.29, 1.82) is 0 Å². The van der Waals surface area contributed by atoms with E-state index < -0.39 is 0 Å². The van der Waals surface area contributed by atoms with Crippen molar-refractivity contribution in [2.45, 2.75) is 13.0 Å². The summed E-state index contributed by atoms with van der Waals surface area (Å²) in [5.74, 6) is 0. The van der Waals surface area contributed by atoms with E-state index in [9.17, 15) is 0 Å². The number of benzene rings is 1. The first kappa shape index (κ1) is 12.2. The average molecular weight is 371 g/mol. The fraction of sp³-hybridized carbons (Fsp3) is 0.214. The van der Waals surface area contributed by atoms with E-state index in [1.54, 1.807) is 0 Å². The predicted molar refractivity (Wildman–Crippen MR) is 83.2 cm³/mol. The first-order chi connectivity index (χ1) is 8.72. The molecule has 0 atom stereocenters. The molecule has 0 aliphatic carbocycles. The smallest absolute Gasteiger partial charge is 0.0566 e. The molecule has 0 saturated carbocycles. The zero-order valence-corrected chi connectivity index (χ0v) is 12.6. The zero-order valence-electron chi connectivity index (χ0n) is 9.74. The molecule has 2 nitrogen and oxygen atoms in total. The Morgan fingerprint density at radius 3 is 2.89 bits per heavy atom. The predicted octanol–water partition coefficient (Wildman–Crippen LogP) is 3.90. The highest BCUT2D eigenvalue weighted by molar-refractivity contribution is 14.1. The van der Waals surface area contributed by atoms with Crippen molar-refractivity contribution in [2.75, 3.05) is 11.4 Å². The standard InChI is InChI=1S/C14H12ClIN2/c15-12-2-1-11-9-18(4-3-10(11)5-12)14-6-13(16)7-17-8-14/h1-2,5-8H,3-4,9H2. The molecule has 0 saturated heterocycles. The van der Waals surface area contributed by atoms with E-state index in [0.29, 0.717) is 0 Å². The minimum absolute atomic E-state index is 0.832. The molecule has 0 bridgehead atoms. The van der Waals surface area contributed by atoms with Gasteiger partial charge < -0.3 is 4.90 Å². The van der Waals surface area contributed by atoms with Gasteiger partial charge in [-0.3, -0.25) is 4.98 Å². The number of nitrogens with zero attached hydrogens (tertiary/aromatic N) is 2. The summed E-state index contributed by atoms with van der Waals surface area (Å²) in [5.41, 5.74) is 3.93. The highest BCUT2D eigenvalue weighted by Gasteiger charge is 2.17. The maximum atomic E-state index is 6.03. The summed E-state index contributed by atoms with van der Waals surface area (Å²) < 4.78 is 1.17. The molecule has 0 radical (unpaired) electrons. The molecule has 2 heterocycles. The van der Waals surface area contributed by atoms with Gasteiger partial charge in [-0.05, 0) is 58.3 Å². The van der Waals surface area contributed by atoms with Crippen LogP contribution in [0.2, 0.25) is 5.02 Å². The van der Waals surface area contributed by atoms with Gasteiger partial charge in [0, 0.05) is 27.9 Å². The van der Waals surface area contributed by atoms with Crippen LogP contribution in [0.25, 0.3) is 0 Å². The summed E-state index contributed by atoms with van der Waals surface area (Å²) in [6, 6.07) is 8.36. The van der Waals surface area contributed by atoms with Crippen molar-refractivity contribution in [3.05, 3.63) is 56.4 Å². The average Bonchev–Trinajstić information content (AvgIpc) is 2.38. The van der Waals surface area contributed by atoms with Crippen molar-refractivity contribution < 1.29 is 0 Å². The third-order valence-electron chi connectivity index (χ3n) is 3.24. The Labute approximate surface area is 125 Å². The fourth-order valence-electron chi connectivity index (χ4n) is 2.32. The molecule has 2 aromatic rings. The van der Waals surface area contributed by atoms with Gasteiger partial charge in [-0.25, -0.2) is 0 Å². The van der Waals surface area contributed by atoms with Gasteiger partial charge in [-0.2, -0.15) is 0 Å². The van der Waals surface area contributed by atoms with E-state index >= 15 is 0 Å². The van der Waals surface area contributed by atoms with E-state index in [1.165, 1.54) is 20.4 Å². The van der Waals surface area contributed by atoms with Crippen LogP contribution in [0.15, 0.2) is 36.7 Å². The van der Waals surface area contributed by atoms with Gasteiger partial charge in [0.2, 0.25) is 0 Å². The molecule has 0 amide bonds. The number of anilines is 1. The lowest BCUT2D eigenvalue weighted by atomic mass is 9.99. The Balaban J connectivity index is 1.89. The molecule has 92 valence electrons. The molecule has 3 rings (SSSR count). The van der Waals surface area contributed by atoms with Crippen LogP contribution in [0.1, 0.15) is 11.1 Å². The SMILES string of the molecule is Clc1ccc2c(c1)CCN(c1cncc(I)c1)C2. The molecule has 4 heteroatoms. The highest BCUT2D eigenvalue weighted by Crippen LogP contribution is 2.26. The minimum atomic E-state index is 0.832. The van der Waals surface area contributed by atoms with E-state index in [2.05, 4.69) is 50.7 Å². The van der Waals surface area contributed by atoms with Gasteiger partial charge >= 0.3 is 0 Å². The van der Waals surface area contributed by atoms with E-state index in [1.807, 2.05) is 18.5 Å². The van der Waals surface area contributed by atoms with Crippen molar-refractivity contribution >= 4 is 39.9 Å². The van der Waals surface area contributed by atoms with Crippen molar-refractivity contribution in [2.24, 2.45) is 0 Å². The normalized spacial score (nSPS) is 14.4. The minimum Gasteiger partial charge on any atom is -0.366 e. The topological polar surface area (TPSA) is 16.1 Å². The molecule has 0 spiro atoms. The number of hydrogen-bond acceptors (Lipinski definition) is 2. The van der Waals surface area contributed by atoms with Crippen molar-refractivity contribution in [3.8, 4) is 0 Å². The van der Waals surface area contributed by atoms with Gasteiger partial charge in [0.25, 0.3) is 0 Å². The first-order valence-electron chi connectivity index (χ1n) is 5.85. The molecule has 1 aliphatic heterocycles. The lowest BCUT2D eigenvalue weighted by molar-refractivity contribution is 0.730. The summed E-state index contributed by atoms with van der Waals surface area (Å²) in [6.07, 6.45) is 4.85. The van der Waals surface area contributed by atoms with Crippen molar-refractivity contribution in [1.82, 2.24) is 4.98 Å². The number of hydrogen-bond donors (Lipinski definition) is 0. The van der Waals surface area contributed by atoms with E-state index in [-0.39, 0.29) is 0 Å². The van der Waals surface area contributed by atoms with Crippen LogP contribution in [0.5, 0.6) is 0 Å². The van der Waals surface area contributed by atoms with E-state index in [4.69, 9.17) is 11.6 Å². The molecular weight excluding hydrogens is 359 g/mol. The van der Waals surface area contributed by atoms with Crippen LogP contribution in [-0.4, -0.2) is 11.5 Å². The third kappa shape index (κ3) is 2.47. The summed E-state index contributed by atoms with van der Waals surface area (Å²) in [5, 5.41) is 0.832. The Morgan fingerprint density at radius 2 is 2.06 bits per heavy atom. The quantitative estimate of drug-likeness (QED) is 0.708. The summed E-state index contributed by atoms with van der Waals surface area (Å²) in [6.45, 7) is 1.96. The lowest BCUT2D eigenvalue weighted by Gasteiger charge is -2.30. The lowest BCUT2D eigenvalue weighted by Crippen LogP contribution is -2.30. The van der Waals surface area contributed by atoms with Crippen LogP contribution >= 0.6 is 34.2 Å². The van der Waals surface area contributed by atoms with Crippen LogP contribution < -0.4 is 4.90 Å². The maximum Gasteiger partial charge on any atom is 0.0566 e. The van der Waals surface area contributed by atoms with Gasteiger partial charge in [-0.15, -0.1) is 0 Å². The van der Waals surface area contributed by atoms with Crippen molar-refractivity contribution in [3.63, 3.8) is 0 Å². The Bertz CT molecular complexity index is 586. The van der Waals surface area contributed by atoms with Crippen LogP contribution in [0.3, 0.4) is 0 Å². The molecule has 0 N–H and O–H groups in total. The molecule has 0 fully saturated rings. The number of pyridine rings is 1. The molecule has 18 heavy (non-hydrogen) atoms. The second-order valence-corrected chi connectivity index (χ2v) is 6.13. The molecule has 0 unspecified atom stereocenters. The molecular formula is C14H12ClIN2. The van der Waals surface area contributed by atoms with E-state index in [0.717, 1.165) is 24.5 Å². The zero-order chi connectivity index (χ0) is 12.5. The van der Waals surface area contributed by atoms with Gasteiger partial charge in [-0.1, -0.05) is 17.7 Å². The third-order valence-corrected chi connectivity index (χ3v) is 4.06. The van der Waals surface area contributed by atoms with Gasteiger partial charge in [0.15, 0.2) is 0 Å². The fourth-order valence-corrected chi connectivity index (χ4v) is 2.99. The number of aromatic nitrogens is 1. The molecule has 1 aromatic heterocycles. The summed E-state index contributed by atoms with van der Waals surface area (Å²) in [4.78, 5) is 6.63. The number of halogens is 2. The second-order valence-electron chi connectivity index (χ2n) is 4.45. The first-order valence-corrected chi connectivity index (χ1v) is 7.31. The Kier molecular flexibility index (Phi) is 3.43. The Morgan fingerprint density at radius 1 is 1.17 bits per heavy atom. The van der Waals surface area contributed by atoms with Crippen LogP contribution in [-0.2, 0) is 13.0 Å². The monoisotopic (exact) mass is 370 g/mol. The van der Waals surface area contributed by atoms with Gasteiger partial charge in [0.05, 0.1) is 11.9 Å². The molecule has 1 aromatic carbocycles. The largest absolute Gasteiger partial charge is 0.366 e. The second kappa shape index (κ2) is 5.05. The molecule has 1 aliphatic rings. The summed E-state index contributed by atoms with van der Waals surface area (Å²) >= 11 is 8.33. The number of rotatable bonds is 1. The van der Waals surface area contributed by atoms with Crippen LogP contribution in [0, 0.1) is 3.57 Å². The number of fused-ring (bicyclic) bond motifs is 1.